The van der Waals surface area contributed by atoms with Gasteiger partial charge >= 0.3 is 0 Å². The maximum Gasteiger partial charge on any atom is 0.115 e. The minimum atomic E-state index is -1.06. The Labute approximate surface area is 145 Å². The summed E-state index contributed by atoms with van der Waals surface area (Å²) in [6.45, 7) is 7.62. The number of aliphatic hydroxyl groups is 1. The van der Waals surface area contributed by atoms with Crippen molar-refractivity contribution in [1.29, 1.82) is 0 Å². The van der Waals surface area contributed by atoms with Crippen LogP contribution >= 0.6 is 0 Å². The number of nitrogens with two attached hydrogens (primary N) is 1. The van der Waals surface area contributed by atoms with Crippen LogP contribution in [0.25, 0.3) is 0 Å². The first-order chi connectivity index (χ1) is 11.5. The van der Waals surface area contributed by atoms with E-state index in [0.717, 1.165) is 11.1 Å². The molecule has 126 valence electrons. The largest absolute Gasteiger partial charge is 0.380 e. The smallest absolute Gasteiger partial charge is 0.115 e. The molecule has 0 heterocycles. The van der Waals surface area contributed by atoms with Gasteiger partial charge in [-0.05, 0) is 36.8 Å². The fourth-order valence-corrected chi connectivity index (χ4v) is 3.18. The monoisotopic (exact) mass is 321 g/mol. The third-order valence-electron chi connectivity index (χ3n) is 4.59. The van der Waals surface area contributed by atoms with Crippen molar-refractivity contribution in [2.24, 2.45) is 5.73 Å². The SMILES string of the molecule is C=CCC(N)(CC=C)CCC(O)(c1ccccc1)c1ccccc1. The summed E-state index contributed by atoms with van der Waals surface area (Å²) < 4.78 is 0. The lowest BCUT2D eigenvalue weighted by Gasteiger charge is -2.35. The summed E-state index contributed by atoms with van der Waals surface area (Å²) in [7, 11) is 0. The Hall–Kier alpha value is -2.16. The van der Waals surface area contributed by atoms with E-state index in [-0.39, 0.29) is 0 Å². The molecule has 2 heteroatoms. The molecular weight excluding hydrogens is 294 g/mol. The lowest BCUT2D eigenvalue weighted by atomic mass is 9.77. The van der Waals surface area contributed by atoms with Gasteiger partial charge in [0.05, 0.1) is 0 Å². The van der Waals surface area contributed by atoms with Crippen LogP contribution in [-0.4, -0.2) is 10.6 Å². The average Bonchev–Trinajstić information content (AvgIpc) is 2.62. The van der Waals surface area contributed by atoms with Gasteiger partial charge in [-0.3, -0.25) is 0 Å². The molecule has 0 aromatic heterocycles. The van der Waals surface area contributed by atoms with Gasteiger partial charge in [0.15, 0.2) is 0 Å². The first kappa shape index (κ1) is 18.2. The van der Waals surface area contributed by atoms with Crippen molar-refractivity contribution in [2.45, 2.75) is 36.8 Å². The number of benzene rings is 2. The average molecular weight is 321 g/mol. The van der Waals surface area contributed by atoms with Crippen LogP contribution in [0.2, 0.25) is 0 Å². The Balaban J connectivity index is 2.34. The summed E-state index contributed by atoms with van der Waals surface area (Å²) in [5.74, 6) is 0. The zero-order chi connectivity index (χ0) is 17.5. The molecule has 0 unspecified atom stereocenters. The lowest BCUT2D eigenvalue weighted by Crippen LogP contribution is -2.41. The molecule has 0 aliphatic rings. The van der Waals surface area contributed by atoms with Crippen LogP contribution < -0.4 is 5.73 Å². The van der Waals surface area contributed by atoms with E-state index in [2.05, 4.69) is 13.2 Å². The Morgan fingerprint density at radius 2 is 1.21 bits per heavy atom. The topological polar surface area (TPSA) is 46.2 Å². The van der Waals surface area contributed by atoms with Crippen LogP contribution in [0, 0.1) is 0 Å². The summed E-state index contributed by atoms with van der Waals surface area (Å²) in [5, 5.41) is 11.5. The molecule has 2 aromatic carbocycles. The molecule has 0 aliphatic carbocycles. The Bertz CT molecular complexity index is 599. The summed E-state index contributed by atoms with van der Waals surface area (Å²) >= 11 is 0. The standard InChI is InChI=1S/C22H27NO/c1-3-15-21(23,16-4-2)17-18-22(24,19-11-7-5-8-12-19)20-13-9-6-10-14-20/h3-14,24H,1-2,15-18,23H2. The van der Waals surface area contributed by atoms with E-state index in [1.165, 1.54) is 0 Å². The molecule has 3 N–H and O–H groups in total. The van der Waals surface area contributed by atoms with Crippen molar-refractivity contribution >= 4 is 0 Å². The predicted octanol–water partition coefficient (Wildman–Crippen LogP) is 4.55. The molecule has 2 aromatic rings. The second-order valence-electron chi connectivity index (χ2n) is 6.44. The highest BCUT2D eigenvalue weighted by Crippen LogP contribution is 2.36. The summed E-state index contributed by atoms with van der Waals surface area (Å²) in [6.07, 6.45) is 6.28. The van der Waals surface area contributed by atoms with Crippen molar-refractivity contribution in [2.75, 3.05) is 0 Å². The van der Waals surface area contributed by atoms with Crippen molar-refractivity contribution in [3.05, 3.63) is 97.1 Å². The van der Waals surface area contributed by atoms with Gasteiger partial charge in [0.25, 0.3) is 0 Å². The van der Waals surface area contributed by atoms with Crippen molar-refractivity contribution in [3.8, 4) is 0 Å². The summed E-state index contributed by atoms with van der Waals surface area (Å²) in [6, 6.07) is 19.6. The maximum absolute atomic E-state index is 11.5. The van der Waals surface area contributed by atoms with Gasteiger partial charge in [-0.25, -0.2) is 0 Å². The van der Waals surface area contributed by atoms with Gasteiger partial charge in [0.2, 0.25) is 0 Å². The van der Waals surface area contributed by atoms with Crippen molar-refractivity contribution in [3.63, 3.8) is 0 Å². The molecular formula is C22H27NO. The van der Waals surface area contributed by atoms with E-state index >= 15 is 0 Å². The van der Waals surface area contributed by atoms with Crippen LogP contribution in [0.15, 0.2) is 86.0 Å². The minimum Gasteiger partial charge on any atom is -0.380 e. The highest BCUT2D eigenvalue weighted by molar-refractivity contribution is 5.35. The van der Waals surface area contributed by atoms with Crippen LogP contribution in [-0.2, 0) is 5.60 Å². The van der Waals surface area contributed by atoms with Gasteiger partial charge in [-0.2, -0.15) is 0 Å². The second kappa shape index (κ2) is 8.09. The molecule has 2 nitrogen and oxygen atoms in total. The normalized spacial score (nSPS) is 11.9. The van der Waals surface area contributed by atoms with Crippen LogP contribution in [0.5, 0.6) is 0 Å². The molecule has 0 bridgehead atoms. The first-order valence-electron chi connectivity index (χ1n) is 8.38. The molecule has 0 saturated carbocycles. The molecule has 2 rings (SSSR count). The molecule has 0 saturated heterocycles. The van der Waals surface area contributed by atoms with E-state index in [4.69, 9.17) is 5.73 Å². The van der Waals surface area contributed by atoms with Crippen LogP contribution in [0.4, 0.5) is 0 Å². The number of hydrogen-bond acceptors (Lipinski definition) is 2. The van der Waals surface area contributed by atoms with Gasteiger partial charge in [-0.15, -0.1) is 13.2 Å². The van der Waals surface area contributed by atoms with E-state index < -0.39 is 11.1 Å². The van der Waals surface area contributed by atoms with Gasteiger partial charge < -0.3 is 10.8 Å². The lowest BCUT2D eigenvalue weighted by molar-refractivity contribution is 0.0610. The van der Waals surface area contributed by atoms with E-state index in [1.807, 2.05) is 72.8 Å². The molecule has 0 spiro atoms. The molecule has 0 fully saturated rings. The Kier molecular flexibility index (Phi) is 6.13. The van der Waals surface area contributed by atoms with Crippen molar-refractivity contribution in [1.82, 2.24) is 0 Å². The minimum absolute atomic E-state index is 0.430. The number of hydrogen-bond donors (Lipinski definition) is 2. The highest BCUT2D eigenvalue weighted by Gasteiger charge is 2.34. The highest BCUT2D eigenvalue weighted by atomic mass is 16.3. The quantitative estimate of drug-likeness (QED) is 0.665. The van der Waals surface area contributed by atoms with E-state index in [9.17, 15) is 5.11 Å². The third-order valence-corrected chi connectivity index (χ3v) is 4.59. The zero-order valence-corrected chi connectivity index (χ0v) is 14.2. The van der Waals surface area contributed by atoms with Crippen LogP contribution in [0.1, 0.15) is 36.8 Å². The Morgan fingerprint density at radius 1 is 0.792 bits per heavy atom. The zero-order valence-electron chi connectivity index (χ0n) is 14.2. The molecule has 0 radical (unpaired) electrons. The predicted molar refractivity (Wildman–Crippen MR) is 102 cm³/mol. The van der Waals surface area contributed by atoms with E-state index in [1.54, 1.807) is 0 Å². The van der Waals surface area contributed by atoms with Gasteiger partial charge in [-0.1, -0.05) is 72.8 Å². The molecule has 0 aliphatic heterocycles. The van der Waals surface area contributed by atoms with E-state index in [0.29, 0.717) is 25.7 Å². The van der Waals surface area contributed by atoms with Gasteiger partial charge in [0, 0.05) is 5.54 Å². The first-order valence-corrected chi connectivity index (χ1v) is 8.38. The fraction of sp³-hybridized carbons (Fsp3) is 0.273. The van der Waals surface area contributed by atoms with Crippen LogP contribution in [0.3, 0.4) is 0 Å². The molecule has 24 heavy (non-hydrogen) atoms. The second-order valence-corrected chi connectivity index (χ2v) is 6.44. The third kappa shape index (κ3) is 4.22. The maximum atomic E-state index is 11.5. The Morgan fingerprint density at radius 3 is 1.58 bits per heavy atom. The molecule has 0 amide bonds. The van der Waals surface area contributed by atoms with Gasteiger partial charge in [0.1, 0.15) is 5.60 Å². The molecule has 0 atom stereocenters. The number of rotatable bonds is 9. The summed E-state index contributed by atoms with van der Waals surface area (Å²) in [5.41, 5.74) is 6.81. The fourth-order valence-electron chi connectivity index (χ4n) is 3.18. The van der Waals surface area contributed by atoms with Crippen molar-refractivity contribution < 1.29 is 5.11 Å². The summed E-state index contributed by atoms with van der Waals surface area (Å²) in [4.78, 5) is 0.